The van der Waals surface area contributed by atoms with Gasteiger partial charge in [-0.3, -0.25) is 0 Å². The molecule has 0 atom stereocenters. The van der Waals surface area contributed by atoms with Crippen LogP contribution < -0.4 is 4.74 Å². The number of hydrogen-bond donors (Lipinski definition) is 0. The molecule has 0 radical (unpaired) electrons. The van der Waals surface area contributed by atoms with E-state index in [2.05, 4.69) is 26.7 Å². The van der Waals surface area contributed by atoms with Crippen molar-refractivity contribution in [1.82, 2.24) is 0 Å². The minimum atomic E-state index is 1.02. The van der Waals surface area contributed by atoms with Crippen molar-refractivity contribution in [2.75, 3.05) is 7.11 Å². The average Bonchev–Trinajstić information content (AvgIpc) is 2.16. The zero-order valence-electron chi connectivity index (χ0n) is 8.05. The molecule has 0 aliphatic carbocycles. The van der Waals surface area contributed by atoms with Gasteiger partial charge in [0.1, 0.15) is 0 Å². The van der Waals surface area contributed by atoms with Crippen LogP contribution in [-0.4, -0.2) is 14.0 Å². The summed E-state index contributed by atoms with van der Waals surface area (Å²) in [6, 6.07) is 2.03. The molecular weight excluding hydrogens is 147 g/mol. The van der Waals surface area contributed by atoms with Gasteiger partial charge in [0.05, 0.1) is 0 Å². The van der Waals surface area contributed by atoms with Gasteiger partial charge in [0.25, 0.3) is 0 Å². The third-order valence-corrected chi connectivity index (χ3v) is 2.18. The van der Waals surface area contributed by atoms with E-state index in [4.69, 9.17) is 4.74 Å². The van der Waals surface area contributed by atoms with Crippen LogP contribution in [0.15, 0.2) is 12.0 Å². The molecule has 0 aromatic carbocycles. The first-order valence-corrected chi connectivity index (χ1v) is 4.48. The number of aryl methyl sites for hydroxylation is 1. The Labute approximate surface area is 75.0 Å². The number of rotatable bonds is 3. The molecule has 0 aliphatic heterocycles. The summed E-state index contributed by atoms with van der Waals surface area (Å²) in [5, 5.41) is 0. The topological polar surface area (TPSA) is 9.23 Å². The zero-order valence-corrected chi connectivity index (χ0v) is 8.05. The maximum atomic E-state index is 5.28. The van der Waals surface area contributed by atoms with Crippen molar-refractivity contribution in [2.24, 2.45) is 0 Å². The molecule has 1 aromatic heterocycles. The van der Waals surface area contributed by atoms with E-state index < -0.39 is 0 Å². The van der Waals surface area contributed by atoms with Crippen molar-refractivity contribution < 1.29 is 4.74 Å². The Kier molecular flexibility index (Phi) is 3.33. The summed E-state index contributed by atoms with van der Waals surface area (Å²) in [6.45, 7) is 6.51. The van der Waals surface area contributed by atoms with Crippen molar-refractivity contribution in [3.63, 3.8) is 0 Å². The van der Waals surface area contributed by atoms with E-state index >= 15 is 0 Å². The Morgan fingerprint density at radius 1 is 1.33 bits per heavy atom. The number of hydrogen-bond acceptors (Lipinski definition) is 1. The molecule has 0 saturated heterocycles. The van der Waals surface area contributed by atoms with Crippen LogP contribution in [0.1, 0.15) is 24.9 Å². The average molecular weight is 162 g/mol. The molecule has 0 aliphatic rings. The molecule has 0 bridgehead atoms. The Morgan fingerprint density at radius 2 is 2.08 bits per heavy atom. The van der Waals surface area contributed by atoms with Crippen LogP contribution in [-0.2, 0) is 12.8 Å². The van der Waals surface area contributed by atoms with Crippen LogP contribution in [0.25, 0.3) is 0 Å². The standard InChI is InChI=1S/C10H15BO/c1-4-8-9(5-2)11-7-6-10(8)12-3/h6-7H,4-5H2,1-3H3. The fourth-order valence-corrected chi connectivity index (χ4v) is 1.53. The molecule has 1 aromatic rings. The Bertz CT molecular complexity index is 236. The normalized spacial score (nSPS) is 9.58. The van der Waals surface area contributed by atoms with Crippen LogP contribution in [0.5, 0.6) is 5.75 Å². The summed E-state index contributed by atoms with van der Waals surface area (Å²) < 4.78 is 5.28. The van der Waals surface area contributed by atoms with Gasteiger partial charge < -0.3 is 0 Å². The Morgan fingerprint density at radius 3 is 2.58 bits per heavy atom. The van der Waals surface area contributed by atoms with Crippen LogP contribution >= 0.6 is 0 Å². The van der Waals surface area contributed by atoms with Crippen molar-refractivity contribution in [2.45, 2.75) is 26.7 Å². The molecule has 0 unspecified atom stereocenters. The van der Waals surface area contributed by atoms with Gasteiger partial charge >= 0.3 is 74.2 Å². The molecule has 0 amide bonds. The maximum absolute atomic E-state index is 5.28. The number of methoxy groups -OCH3 is 1. The molecule has 1 heterocycles. The van der Waals surface area contributed by atoms with E-state index in [0.29, 0.717) is 0 Å². The van der Waals surface area contributed by atoms with Crippen molar-refractivity contribution in [1.29, 1.82) is 0 Å². The minimum absolute atomic E-state index is 1.02. The van der Waals surface area contributed by atoms with Gasteiger partial charge in [0.2, 0.25) is 0 Å². The van der Waals surface area contributed by atoms with Crippen LogP contribution in [0.3, 0.4) is 0 Å². The monoisotopic (exact) mass is 162 g/mol. The van der Waals surface area contributed by atoms with Crippen molar-refractivity contribution in [3.8, 4) is 5.75 Å². The second-order valence-electron chi connectivity index (χ2n) is 2.81. The quantitative estimate of drug-likeness (QED) is 0.661. The van der Waals surface area contributed by atoms with Crippen molar-refractivity contribution in [3.05, 3.63) is 23.1 Å². The number of ether oxygens (including phenoxy) is 1. The molecule has 64 valence electrons. The van der Waals surface area contributed by atoms with Gasteiger partial charge in [0, 0.05) is 0 Å². The van der Waals surface area contributed by atoms with E-state index in [1.807, 2.05) is 6.07 Å². The van der Waals surface area contributed by atoms with Gasteiger partial charge in [-0.1, -0.05) is 0 Å². The first kappa shape index (κ1) is 9.30. The fraction of sp³-hybridized carbons (Fsp3) is 0.500. The van der Waals surface area contributed by atoms with E-state index in [0.717, 1.165) is 18.6 Å². The van der Waals surface area contributed by atoms with E-state index in [1.54, 1.807) is 7.11 Å². The third kappa shape index (κ3) is 1.68. The predicted molar refractivity (Wildman–Crippen MR) is 53.1 cm³/mol. The van der Waals surface area contributed by atoms with Crippen molar-refractivity contribution >= 4 is 6.91 Å². The molecule has 0 saturated carbocycles. The Balaban J connectivity index is 3.13. The van der Waals surface area contributed by atoms with Gasteiger partial charge in [-0.2, -0.15) is 0 Å². The van der Waals surface area contributed by atoms with Gasteiger partial charge in [0.15, 0.2) is 0 Å². The van der Waals surface area contributed by atoms with Gasteiger partial charge in [-0.15, -0.1) is 0 Å². The summed E-state index contributed by atoms with van der Waals surface area (Å²) in [5.41, 5.74) is 2.75. The molecular formula is C10H15BO. The van der Waals surface area contributed by atoms with Crippen LogP contribution in [0.2, 0.25) is 0 Å². The van der Waals surface area contributed by atoms with E-state index in [1.165, 1.54) is 11.0 Å². The van der Waals surface area contributed by atoms with Gasteiger partial charge in [-0.05, 0) is 0 Å². The summed E-state index contributed by atoms with van der Waals surface area (Å²) in [5.74, 6) is 3.08. The first-order valence-electron chi connectivity index (χ1n) is 4.48. The molecule has 0 fully saturated rings. The predicted octanol–water partition coefficient (Wildman–Crippen LogP) is 2.16. The van der Waals surface area contributed by atoms with Crippen LogP contribution in [0.4, 0.5) is 0 Å². The second kappa shape index (κ2) is 4.29. The molecule has 12 heavy (non-hydrogen) atoms. The summed E-state index contributed by atoms with van der Waals surface area (Å²) in [4.78, 5) is 0. The molecule has 1 rings (SSSR count). The summed E-state index contributed by atoms with van der Waals surface area (Å²) >= 11 is 0. The third-order valence-electron chi connectivity index (χ3n) is 2.18. The van der Waals surface area contributed by atoms with Crippen LogP contribution in [0, 0.1) is 0 Å². The Hall–Kier alpha value is -0.785. The second-order valence-corrected chi connectivity index (χ2v) is 2.81. The summed E-state index contributed by atoms with van der Waals surface area (Å²) in [6.07, 6.45) is 2.13. The van der Waals surface area contributed by atoms with E-state index in [-0.39, 0.29) is 0 Å². The SMILES string of the molecule is CCc1bccc(OC)c1CC. The fourth-order valence-electron chi connectivity index (χ4n) is 1.53. The first-order chi connectivity index (χ1) is 5.83. The summed E-state index contributed by atoms with van der Waals surface area (Å²) in [7, 11) is 1.73. The molecule has 0 N–H and O–H groups in total. The molecule has 1 nitrogen and oxygen atoms in total. The molecule has 2 heteroatoms. The molecule has 0 spiro atoms. The van der Waals surface area contributed by atoms with E-state index in [9.17, 15) is 0 Å². The zero-order chi connectivity index (χ0) is 8.97. The van der Waals surface area contributed by atoms with Gasteiger partial charge in [-0.25, -0.2) is 0 Å².